The predicted molar refractivity (Wildman–Crippen MR) is 83.6 cm³/mol. The Morgan fingerprint density at radius 3 is 2.67 bits per heavy atom. The summed E-state index contributed by atoms with van der Waals surface area (Å²) in [6.07, 6.45) is 0.500. The summed E-state index contributed by atoms with van der Waals surface area (Å²) in [5.41, 5.74) is 4.77. The molecule has 0 spiro atoms. The van der Waals surface area contributed by atoms with Crippen molar-refractivity contribution in [3.63, 3.8) is 0 Å². The second-order valence-electron chi connectivity index (χ2n) is 5.32. The Morgan fingerprint density at radius 1 is 1.48 bits per heavy atom. The first-order chi connectivity index (χ1) is 9.74. The zero-order chi connectivity index (χ0) is 15.8. The molecule has 1 aliphatic rings. The fourth-order valence-electron chi connectivity index (χ4n) is 2.30. The second kappa shape index (κ2) is 5.58. The molecule has 21 heavy (non-hydrogen) atoms. The molecule has 0 aromatic heterocycles. The monoisotopic (exact) mass is 403 g/mol. The molecule has 1 fully saturated rings. The maximum absolute atomic E-state index is 12.5. The van der Waals surface area contributed by atoms with Gasteiger partial charge in [0.1, 0.15) is 0 Å². The van der Waals surface area contributed by atoms with E-state index in [9.17, 15) is 19.7 Å². The highest BCUT2D eigenvalue weighted by Gasteiger charge is 2.41. The number of nitro benzene ring substituents is 1. The van der Waals surface area contributed by atoms with Crippen molar-refractivity contribution in [1.82, 2.24) is 4.90 Å². The molecule has 8 heteroatoms. The van der Waals surface area contributed by atoms with Crippen LogP contribution in [0, 0.1) is 19.1 Å². The number of nitro groups is 1. The van der Waals surface area contributed by atoms with Gasteiger partial charge in [-0.3, -0.25) is 19.7 Å². The number of nitrogens with zero attached hydrogens (tertiary/aromatic N) is 2. The van der Waals surface area contributed by atoms with Crippen molar-refractivity contribution in [2.24, 2.45) is 11.1 Å². The van der Waals surface area contributed by atoms with Gasteiger partial charge in [0.15, 0.2) is 0 Å². The van der Waals surface area contributed by atoms with Crippen LogP contribution in [0.1, 0.15) is 23.7 Å². The first-order valence-corrected chi connectivity index (χ1v) is 7.35. The van der Waals surface area contributed by atoms with Crippen molar-refractivity contribution in [3.05, 3.63) is 37.4 Å². The smallest absolute Gasteiger partial charge is 0.270 e. The van der Waals surface area contributed by atoms with E-state index in [0.717, 1.165) is 0 Å². The minimum Gasteiger partial charge on any atom is -0.369 e. The van der Waals surface area contributed by atoms with E-state index in [4.69, 9.17) is 5.73 Å². The highest BCUT2D eigenvalue weighted by atomic mass is 127. The van der Waals surface area contributed by atoms with Gasteiger partial charge in [-0.15, -0.1) is 0 Å². The molecule has 0 aliphatic carbocycles. The number of likely N-dealkylation sites (tertiary alicyclic amines) is 1. The highest BCUT2D eigenvalue weighted by Crippen LogP contribution is 2.31. The third-order valence-electron chi connectivity index (χ3n) is 3.75. The SMILES string of the molecule is CC1(C(N)=O)CCN(C(=O)c2cc([N+](=O)[O-])ccc2I)C1. The van der Waals surface area contributed by atoms with Crippen molar-refractivity contribution in [2.75, 3.05) is 13.1 Å². The maximum atomic E-state index is 12.5. The van der Waals surface area contributed by atoms with E-state index >= 15 is 0 Å². The molecule has 1 heterocycles. The number of rotatable bonds is 3. The molecule has 112 valence electrons. The summed E-state index contributed by atoms with van der Waals surface area (Å²) in [5, 5.41) is 10.8. The number of hydrogen-bond acceptors (Lipinski definition) is 4. The van der Waals surface area contributed by atoms with Crippen LogP contribution in [0.25, 0.3) is 0 Å². The molecule has 0 bridgehead atoms. The van der Waals surface area contributed by atoms with Crippen molar-refractivity contribution in [1.29, 1.82) is 0 Å². The Labute approximate surface area is 134 Å². The number of carbonyl (C=O) groups excluding carboxylic acids is 2. The number of primary amides is 1. The van der Waals surface area contributed by atoms with E-state index in [1.807, 2.05) is 22.6 Å². The third kappa shape index (κ3) is 2.99. The Kier molecular flexibility index (Phi) is 4.17. The number of amides is 2. The van der Waals surface area contributed by atoms with Gasteiger partial charge in [-0.1, -0.05) is 0 Å². The lowest BCUT2D eigenvalue weighted by atomic mass is 9.89. The van der Waals surface area contributed by atoms with E-state index < -0.39 is 16.2 Å². The quantitative estimate of drug-likeness (QED) is 0.469. The van der Waals surface area contributed by atoms with Crippen LogP contribution in [0.4, 0.5) is 5.69 Å². The Balaban J connectivity index is 2.28. The molecule has 0 radical (unpaired) electrons. The van der Waals surface area contributed by atoms with E-state index in [-0.39, 0.29) is 23.7 Å². The number of halogens is 1. The maximum Gasteiger partial charge on any atom is 0.270 e. The molecule has 1 aromatic carbocycles. The van der Waals surface area contributed by atoms with Crippen LogP contribution < -0.4 is 5.73 Å². The zero-order valence-corrected chi connectivity index (χ0v) is 13.5. The lowest BCUT2D eigenvalue weighted by molar-refractivity contribution is -0.384. The first kappa shape index (κ1) is 15.7. The Morgan fingerprint density at radius 2 is 2.14 bits per heavy atom. The highest BCUT2D eigenvalue weighted by molar-refractivity contribution is 14.1. The normalized spacial score (nSPS) is 21.3. The largest absolute Gasteiger partial charge is 0.369 e. The fraction of sp³-hybridized carbons (Fsp3) is 0.385. The molecule has 1 aliphatic heterocycles. The fourth-order valence-corrected chi connectivity index (χ4v) is 2.86. The van der Waals surface area contributed by atoms with Gasteiger partial charge in [-0.2, -0.15) is 0 Å². The molecule has 2 N–H and O–H groups in total. The molecule has 1 atom stereocenters. The summed E-state index contributed by atoms with van der Waals surface area (Å²) in [4.78, 5) is 35.7. The molecular weight excluding hydrogens is 389 g/mol. The summed E-state index contributed by atoms with van der Waals surface area (Å²) in [7, 11) is 0. The Hall–Kier alpha value is -1.71. The van der Waals surface area contributed by atoms with Gasteiger partial charge >= 0.3 is 0 Å². The van der Waals surface area contributed by atoms with Gasteiger partial charge < -0.3 is 10.6 Å². The summed E-state index contributed by atoms with van der Waals surface area (Å²) in [5.74, 6) is -0.750. The summed E-state index contributed by atoms with van der Waals surface area (Å²) < 4.78 is 0.635. The minimum absolute atomic E-state index is 0.129. The predicted octanol–water partition coefficient (Wildman–Crippen LogP) is 1.54. The standard InChI is InChI=1S/C13H14IN3O4/c1-13(12(15)19)4-5-16(7-13)11(18)9-6-8(17(20)21)2-3-10(9)14/h2-3,6H,4-5,7H2,1H3,(H2,15,19). The first-order valence-electron chi connectivity index (χ1n) is 6.28. The van der Waals surface area contributed by atoms with Crippen LogP contribution in [0.3, 0.4) is 0 Å². The molecule has 0 saturated carbocycles. The van der Waals surface area contributed by atoms with E-state index in [2.05, 4.69) is 0 Å². The van der Waals surface area contributed by atoms with Crippen LogP contribution in [0.15, 0.2) is 18.2 Å². The van der Waals surface area contributed by atoms with Gasteiger partial charge in [0.05, 0.1) is 15.9 Å². The zero-order valence-electron chi connectivity index (χ0n) is 11.3. The number of non-ortho nitro benzene ring substituents is 1. The topological polar surface area (TPSA) is 107 Å². The van der Waals surface area contributed by atoms with Crippen molar-refractivity contribution < 1.29 is 14.5 Å². The van der Waals surface area contributed by atoms with Crippen molar-refractivity contribution in [3.8, 4) is 0 Å². The van der Waals surface area contributed by atoms with Gasteiger partial charge in [-0.25, -0.2) is 0 Å². The van der Waals surface area contributed by atoms with Crippen LogP contribution in [-0.4, -0.2) is 34.7 Å². The number of benzene rings is 1. The molecule has 2 amide bonds. The van der Waals surface area contributed by atoms with Crippen LogP contribution in [0.2, 0.25) is 0 Å². The average molecular weight is 403 g/mol. The van der Waals surface area contributed by atoms with Gasteiger partial charge in [0.2, 0.25) is 5.91 Å². The van der Waals surface area contributed by atoms with E-state index in [1.54, 1.807) is 6.92 Å². The van der Waals surface area contributed by atoms with Gasteiger partial charge in [0.25, 0.3) is 11.6 Å². The lowest BCUT2D eigenvalue weighted by Gasteiger charge is -2.21. The number of nitrogens with two attached hydrogens (primary N) is 1. The molecule has 1 saturated heterocycles. The van der Waals surface area contributed by atoms with Gasteiger partial charge in [0, 0.05) is 28.8 Å². The van der Waals surface area contributed by atoms with Crippen LogP contribution in [-0.2, 0) is 4.79 Å². The van der Waals surface area contributed by atoms with Crippen LogP contribution >= 0.6 is 22.6 Å². The third-order valence-corrected chi connectivity index (χ3v) is 4.69. The summed E-state index contributed by atoms with van der Waals surface area (Å²) >= 11 is 1.96. The van der Waals surface area contributed by atoms with E-state index in [0.29, 0.717) is 16.5 Å². The molecule has 1 unspecified atom stereocenters. The van der Waals surface area contributed by atoms with Gasteiger partial charge in [-0.05, 0) is 42.0 Å². The van der Waals surface area contributed by atoms with Crippen LogP contribution in [0.5, 0.6) is 0 Å². The molecule has 7 nitrogen and oxygen atoms in total. The number of hydrogen-bond donors (Lipinski definition) is 1. The second-order valence-corrected chi connectivity index (χ2v) is 6.49. The summed E-state index contributed by atoms with van der Waals surface area (Å²) in [6.45, 7) is 2.37. The van der Waals surface area contributed by atoms with Crippen molar-refractivity contribution >= 4 is 40.1 Å². The molecule has 1 aromatic rings. The van der Waals surface area contributed by atoms with E-state index in [1.165, 1.54) is 23.1 Å². The minimum atomic E-state index is -0.734. The summed E-state index contributed by atoms with van der Waals surface area (Å²) in [6, 6.07) is 4.16. The molecule has 2 rings (SSSR count). The number of carbonyl (C=O) groups is 2. The Bertz CT molecular complexity index is 634. The lowest BCUT2D eigenvalue weighted by Crippen LogP contribution is -2.38. The average Bonchev–Trinajstić information content (AvgIpc) is 2.82. The van der Waals surface area contributed by atoms with Crippen molar-refractivity contribution in [2.45, 2.75) is 13.3 Å². The molecular formula is C13H14IN3O4.